The second-order valence-electron chi connectivity index (χ2n) is 6.26. The molecule has 0 saturated heterocycles. The fourth-order valence-corrected chi connectivity index (χ4v) is 3.32. The molecule has 0 fully saturated rings. The number of hydrogen-bond acceptors (Lipinski definition) is 4. The van der Waals surface area contributed by atoms with Gasteiger partial charge in [-0.25, -0.2) is 9.97 Å². The Kier molecular flexibility index (Phi) is 3.31. The van der Waals surface area contributed by atoms with Gasteiger partial charge in [0.05, 0.1) is 11.4 Å². The monoisotopic (exact) mass is 341 g/mol. The van der Waals surface area contributed by atoms with E-state index in [0.717, 1.165) is 16.8 Å². The van der Waals surface area contributed by atoms with Gasteiger partial charge in [-0.2, -0.15) is 0 Å². The first-order valence-electron chi connectivity index (χ1n) is 8.52. The third-order valence-electron chi connectivity index (χ3n) is 4.58. The van der Waals surface area contributed by atoms with Crippen molar-refractivity contribution in [1.29, 1.82) is 0 Å². The molecular weight excluding hydrogens is 326 g/mol. The van der Waals surface area contributed by atoms with Gasteiger partial charge in [-0.3, -0.25) is 9.69 Å². The average molecular weight is 341 g/mol. The number of hydrogen-bond donors (Lipinski definition) is 0. The predicted octanol–water partition coefficient (Wildman–Crippen LogP) is 4.50. The van der Waals surface area contributed by atoms with Crippen LogP contribution < -0.4 is 4.90 Å². The molecule has 5 nitrogen and oxygen atoms in total. The summed E-state index contributed by atoms with van der Waals surface area (Å²) in [5.74, 6) is 0.457. The maximum absolute atomic E-state index is 13.1. The van der Waals surface area contributed by atoms with Gasteiger partial charge in [-0.05, 0) is 42.3 Å². The van der Waals surface area contributed by atoms with Gasteiger partial charge in [0.25, 0.3) is 0 Å². The molecule has 1 aliphatic rings. The highest BCUT2D eigenvalue weighted by molar-refractivity contribution is 6.05. The topological polar surface area (TPSA) is 59.2 Å². The number of fused-ring (bicyclic) bond motifs is 4. The van der Waals surface area contributed by atoms with Gasteiger partial charge in [0.2, 0.25) is 11.8 Å². The van der Waals surface area contributed by atoms with Crippen LogP contribution in [0.3, 0.4) is 0 Å². The van der Waals surface area contributed by atoms with Gasteiger partial charge >= 0.3 is 0 Å². The van der Waals surface area contributed by atoms with Crippen LogP contribution in [-0.4, -0.2) is 15.9 Å². The second-order valence-corrected chi connectivity index (χ2v) is 6.26. The Morgan fingerprint density at radius 1 is 1.04 bits per heavy atom. The van der Waals surface area contributed by atoms with Gasteiger partial charge in [0.15, 0.2) is 5.58 Å². The van der Waals surface area contributed by atoms with Gasteiger partial charge in [-0.1, -0.05) is 30.3 Å². The summed E-state index contributed by atoms with van der Waals surface area (Å²) < 4.78 is 5.81. The summed E-state index contributed by atoms with van der Waals surface area (Å²) >= 11 is 0. The van der Waals surface area contributed by atoms with E-state index in [0.29, 0.717) is 35.7 Å². The third-order valence-corrected chi connectivity index (χ3v) is 4.58. The number of anilines is 2. The minimum Gasteiger partial charge on any atom is -0.435 e. The first kappa shape index (κ1) is 14.8. The van der Waals surface area contributed by atoms with Crippen LogP contribution >= 0.6 is 0 Å². The van der Waals surface area contributed by atoms with Crippen molar-refractivity contribution >= 4 is 28.4 Å². The molecule has 0 unspecified atom stereocenters. The molecule has 1 aliphatic heterocycles. The second kappa shape index (κ2) is 5.81. The normalized spacial score (nSPS) is 12.2. The molecule has 0 saturated carbocycles. The molecule has 126 valence electrons. The van der Waals surface area contributed by atoms with Gasteiger partial charge in [0.1, 0.15) is 11.2 Å². The predicted molar refractivity (Wildman–Crippen MR) is 99.1 cm³/mol. The van der Waals surface area contributed by atoms with Crippen molar-refractivity contribution in [2.45, 2.75) is 12.8 Å². The summed E-state index contributed by atoms with van der Waals surface area (Å²) in [6, 6.07) is 19.4. The van der Waals surface area contributed by atoms with E-state index in [-0.39, 0.29) is 5.91 Å². The number of carbonyl (C=O) groups is 1. The van der Waals surface area contributed by atoms with E-state index in [2.05, 4.69) is 9.97 Å². The molecule has 0 N–H and O–H groups in total. The van der Waals surface area contributed by atoms with Crippen LogP contribution in [0.2, 0.25) is 0 Å². The zero-order valence-electron chi connectivity index (χ0n) is 13.9. The van der Waals surface area contributed by atoms with Crippen LogP contribution in [0.4, 0.5) is 11.4 Å². The molecule has 2 aromatic carbocycles. The van der Waals surface area contributed by atoms with Crippen LogP contribution in [0, 0.1) is 0 Å². The number of nitrogens with zero attached hydrogens (tertiary/aromatic N) is 3. The van der Waals surface area contributed by atoms with Crippen molar-refractivity contribution < 1.29 is 9.21 Å². The minimum absolute atomic E-state index is 0.0185. The van der Waals surface area contributed by atoms with Crippen molar-refractivity contribution in [3.05, 3.63) is 72.4 Å². The van der Waals surface area contributed by atoms with E-state index >= 15 is 0 Å². The molecule has 0 radical (unpaired) electrons. The number of amides is 1. The summed E-state index contributed by atoms with van der Waals surface area (Å²) in [4.78, 5) is 23.8. The lowest BCUT2D eigenvalue weighted by Gasteiger charge is -2.24. The Balaban J connectivity index is 1.57. The number of aryl methyl sites for hydroxylation is 1. The largest absolute Gasteiger partial charge is 0.435 e. The maximum atomic E-state index is 13.1. The van der Waals surface area contributed by atoms with Gasteiger partial charge in [-0.15, -0.1) is 0 Å². The van der Waals surface area contributed by atoms with Crippen molar-refractivity contribution in [2.75, 3.05) is 4.90 Å². The lowest BCUT2D eigenvalue weighted by molar-refractivity contribution is -0.117. The zero-order valence-corrected chi connectivity index (χ0v) is 13.9. The average Bonchev–Trinajstić information content (AvgIpc) is 3.13. The van der Waals surface area contributed by atoms with E-state index in [9.17, 15) is 4.79 Å². The molecule has 0 aliphatic carbocycles. The van der Waals surface area contributed by atoms with E-state index in [1.165, 1.54) is 0 Å². The Morgan fingerprint density at radius 2 is 1.92 bits per heavy atom. The van der Waals surface area contributed by atoms with Crippen LogP contribution in [0.25, 0.3) is 22.7 Å². The number of pyridine rings is 1. The fourth-order valence-electron chi connectivity index (χ4n) is 3.32. The number of aromatic nitrogens is 2. The first-order valence-corrected chi connectivity index (χ1v) is 8.52. The summed E-state index contributed by atoms with van der Waals surface area (Å²) in [5, 5.41) is 0. The van der Waals surface area contributed by atoms with E-state index in [1.54, 1.807) is 11.1 Å². The number of rotatable bonds is 3. The highest BCUT2D eigenvalue weighted by atomic mass is 16.3. The van der Waals surface area contributed by atoms with Crippen LogP contribution in [0.1, 0.15) is 12.0 Å². The molecule has 0 atom stereocenters. The molecule has 5 heteroatoms. The molecule has 4 aromatic rings. The van der Waals surface area contributed by atoms with E-state index in [1.807, 2.05) is 60.7 Å². The lowest BCUT2D eigenvalue weighted by atomic mass is 10.1. The van der Waals surface area contributed by atoms with Crippen molar-refractivity contribution in [2.24, 2.45) is 0 Å². The standard InChI is InChI=1S/C21H15N3O2/c25-19(11-8-14-5-2-1-3-6-14)24-15-9-10-18-16(13-15)23-21(26-18)20-17(24)7-4-12-22-20/h1-7,9-10,12-13H,8,11H2. The lowest BCUT2D eigenvalue weighted by Crippen LogP contribution is -2.27. The summed E-state index contributed by atoms with van der Waals surface area (Å²) in [6.07, 6.45) is 2.78. The van der Waals surface area contributed by atoms with E-state index in [4.69, 9.17) is 4.42 Å². The van der Waals surface area contributed by atoms with Crippen molar-refractivity contribution in [3.63, 3.8) is 0 Å². The van der Waals surface area contributed by atoms with Crippen LogP contribution in [-0.2, 0) is 11.2 Å². The number of oxazole rings is 1. The molecule has 0 spiro atoms. The van der Waals surface area contributed by atoms with E-state index < -0.39 is 0 Å². The third kappa shape index (κ3) is 2.37. The molecular formula is C21H15N3O2. The van der Waals surface area contributed by atoms with Gasteiger partial charge in [0, 0.05) is 12.6 Å². The van der Waals surface area contributed by atoms with Crippen molar-refractivity contribution in [3.8, 4) is 11.6 Å². The quantitative estimate of drug-likeness (QED) is 0.550. The molecule has 1 amide bonds. The molecule has 5 rings (SSSR count). The first-order chi connectivity index (χ1) is 12.8. The Labute approximate surface area is 149 Å². The Hall–Kier alpha value is -3.47. The highest BCUT2D eigenvalue weighted by Gasteiger charge is 2.27. The highest BCUT2D eigenvalue weighted by Crippen LogP contribution is 2.39. The Bertz CT molecular complexity index is 1120. The van der Waals surface area contributed by atoms with Crippen molar-refractivity contribution in [1.82, 2.24) is 9.97 Å². The SMILES string of the molecule is O=C(CCc1ccccc1)N1c2ccc3oc(nc3c2)-c2ncccc21. The van der Waals surface area contributed by atoms with Gasteiger partial charge < -0.3 is 4.42 Å². The zero-order chi connectivity index (χ0) is 17.5. The smallest absolute Gasteiger partial charge is 0.248 e. The molecule has 26 heavy (non-hydrogen) atoms. The maximum Gasteiger partial charge on any atom is 0.248 e. The number of benzene rings is 2. The van der Waals surface area contributed by atoms with Crippen LogP contribution in [0.5, 0.6) is 0 Å². The summed E-state index contributed by atoms with van der Waals surface area (Å²) in [6.45, 7) is 0. The Morgan fingerprint density at radius 3 is 2.81 bits per heavy atom. The summed E-state index contributed by atoms with van der Waals surface area (Å²) in [7, 11) is 0. The number of carbonyl (C=O) groups excluding carboxylic acids is 1. The summed E-state index contributed by atoms with van der Waals surface area (Å²) in [5.41, 5.74) is 4.63. The molecule has 2 aromatic heterocycles. The minimum atomic E-state index is 0.0185. The molecule has 3 heterocycles. The molecule has 3 bridgehead atoms. The van der Waals surface area contributed by atoms with Crippen LogP contribution in [0.15, 0.2) is 71.3 Å². The fraction of sp³-hybridized carbons (Fsp3) is 0.0952.